The first-order valence-corrected chi connectivity index (χ1v) is 7.16. The number of nitrogens with zero attached hydrogens (tertiary/aromatic N) is 2. The third-order valence-corrected chi connectivity index (χ3v) is 2.89. The summed E-state index contributed by atoms with van der Waals surface area (Å²) >= 11 is 0. The Morgan fingerprint density at radius 2 is 2.19 bits per heavy atom. The van der Waals surface area contributed by atoms with Crippen LogP contribution < -0.4 is 10.6 Å². The number of ether oxygens (including phenoxy) is 2. The first-order valence-electron chi connectivity index (χ1n) is 7.16. The van der Waals surface area contributed by atoms with E-state index < -0.39 is 5.97 Å². The highest BCUT2D eigenvalue weighted by Crippen LogP contribution is 2.20. The summed E-state index contributed by atoms with van der Waals surface area (Å²) < 4.78 is 10.1. The van der Waals surface area contributed by atoms with E-state index in [4.69, 9.17) is 15.2 Å². The molecular formula is C15H25N3O3. The molecule has 0 fully saturated rings. The minimum absolute atomic E-state index is 0.315. The minimum Gasteiger partial charge on any atom is -0.462 e. The number of methoxy groups -OCH3 is 1. The summed E-state index contributed by atoms with van der Waals surface area (Å²) in [6.45, 7) is 8.45. The number of carbonyl (C=O) groups excluding carboxylic acids is 1. The molecular weight excluding hydrogens is 270 g/mol. The maximum absolute atomic E-state index is 11.9. The number of nitrogen functional groups attached to an aromatic ring is 1. The minimum atomic E-state index is -0.421. The third-order valence-electron chi connectivity index (χ3n) is 2.89. The van der Waals surface area contributed by atoms with Gasteiger partial charge in [0.15, 0.2) is 0 Å². The first kappa shape index (κ1) is 17.2. The van der Waals surface area contributed by atoms with Crippen LogP contribution in [0.5, 0.6) is 0 Å². The molecule has 1 rings (SSSR count). The van der Waals surface area contributed by atoms with Crippen molar-refractivity contribution in [3.05, 3.63) is 17.8 Å². The van der Waals surface area contributed by atoms with E-state index in [0.717, 1.165) is 6.54 Å². The van der Waals surface area contributed by atoms with Gasteiger partial charge in [-0.05, 0) is 18.9 Å². The third kappa shape index (κ3) is 5.23. The number of carbonyl (C=O) groups is 1. The Balaban J connectivity index is 3.02. The van der Waals surface area contributed by atoms with Crippen molar-refractivity contribution in [2.75, 3.05) is 44.0 Å². The second-order valence-electron chi connectivity index (χ2n) is 5.18. The average molecular weight is 295 g/mol. The molecule has 0 unspecified atom stereocenters. The summed E-state index contributed by atoms with van der Waals surface area (Å²) in [6.07, 6.45) is 1.50. The SMILES string of the molecule is CCOC(=O)c1cc(N(CCOC)CC(C)C)ncc1N. The van der Waals surface area contributed by atoms with Crippen LogP contribution in [0.2, 0.25) is 0 Å². The van der Waals surface area contributed by atoms with Gasteiger partial charge in [0.05, 0.1) is 30.7 Å². The van der Waals surface area contributed by atoms with Crippen molar-refractivity contribution in [1.82, 2.24) is 4.98 Å². The van der Waals surface area contributed by atoms with Crippen LogP contribution in [-0.4, -0.2) is 44.4 Å². The molecule has 0 atom stereocenters. The summed E-state index contributed by atoms with van der Waals surface area (Å²) in [4.78, 5) is 18.3. The number of rotatable bonds is 8. The van der Waals surface area contributed by atoms with Crippen molar-refractivity contribution in [3.8, 4) is 0 Å². The van der Waals surface area contributed by atoms with Crippen LogP contribution in [0.3, 0.4) is 0 Å². The van der Waals surface area contributed by atoms with Gasteiger partial charge in [0.1, 0.15) is 5.82 Å². The van der Waals surface area contributed by atoms with E-state index in [1.54, 1.807) is 20.1 Å². The largest absolute Gasteiger partial charge is 0.462 e. The van der Waals surface area contributed by atoms with Crippen molar-refractivity contribution >= 4 is 17.5 Å². The number of hydrogen-bond donors (Lipinski definition) is 1. The van der Waals surface area contributed by atoms with Gasteiger partial charge in [0.2, 0.25) is 0 Å². The first-order chi connectivity index (χ1) is 9.99. The molecule has 6 nitrogen and oxygen atoms in total. The molecule has 0 radical (unpaired) electrons. The highest BCUT2D eigenvalue weighted by Gasteiger charge is 2.16. The van der Waals surface area contributed by atoms with E-state index in [1.165, 1.54) is 6.20 Å². The fourth-order valence-corrected chi connectivity index (χ4v) is 1.96. The summed E-state index contributed by atoms with van der Waals surface area (Å²) in [5, 5.41) is 0. The Labute approximate surface area is 126 Å². The molecule has 0 bridgehead atoms. The summed E-state index contributed by atoms with van der Waals surface area (Å²) in [5.41, 5.74) is 6.50. The van der Waals surface area contributed by atoms with Gasteiger partial charge in [-0.3, -0.25) is 0 Å². The normalized spacial score (nSPS) is 10.7. The Kier molecular flexibility index (Phi) is 6.94. The molecule has 0 saturated heterocycles. The van der Waals surface area contributed by atoms with Crippen molar-refractivity contribution < 1.29 is 14.3 Å². The number of aromatic nitrogens is 1. The van der Waals surface area contributed by atoms with Crippen molar-refractivity contribution in [2.24, 2.45) is 5.92 Å². The molecule has 0 saturated carbocycles. The fraction of sp³-hybridized carbons (Fsp3) is 0.600. The molecule has 1 aromatic rings. The zero-order valence-corrected chi connectivity index (χ0v) is 13.3. The second kappa shape index (κ2) is 8.46. The van der Waals surface area contributed by atoms with Crippen LogP contribution in [0.25, 0.3) is 0 Å². The number of anilines is 2. The van der Waals surface area contributed by atoms with E-state index in [-0.39, 0.29) is 0 Å². The maximum atomic E-state index is 11.9. The molecule has 1 aromatic heterocycles. The van der Waals surface area contributed by atoms with Crippen molar-refractivity contribution in [2.45, 2.75) is 20.8 Å². The molecule has 0 aliphatic rings. The topological polar surface area (TPSA) is 77.7 Å². The lowest BCUT2D eigenvalue weighted by Crippen LogP contribution is -2.32. The highest BCUT2D eigenvalue weighted by molar-refractivity contribution is 5.95. The summed E-state index contributed by atoms with van der Waals surface area (Å²) in [7, 11) is 1.66. The zero-order valence-electron chi connectivity index (χ0n) is 13.3. The molecule has 0 aliphatic carbocycles. The highest BCUT2D eigenvalue weighted by atomic mass is 16.5. The number of nitrogens with two attached hydrogens (primary N) is 1. The Morgan fingerprint density at radius 3 is 2.76 bits per heavy atom. The number of esters is 1. The van der Waals surface area contributed by atoms with E-state index in [0.29, 0.717) is 42.7 Å². The molecule has 0 aliphatic heterocycles. The molecule has 6 heteroatoms. The Hall–Kier alpha value is -1.82. The van der Waals surface area contributed by atoms with Gasteiger partial charge >= 0.3 is 5.97 Å². The Morgan fingerprint density at radius 1 is 1.48 bits per heavy atom. The Bertz CT molecular complexity index is 463. The molecule has 1 heterocycles. The zero-order chi connectivity index (χ0) is 15.8. The molecule has 0 spiro atoms. The lowest BCUT2D eigenvalue weighted by atomic mass is 10.2. The lowest BCUT2D eigenvalue weighted by molar-refractivity contribution is 0.0527. The molecule has 118 valence electrons. The summed E-state index contributed by atoms with van der Waals surface area (Å²) in [6, 6.07) is 1.69. The number of hydrogen-bond acceptors (Lipinski definition) is 6. The van der Waals surface area contributed by atoms with Crippen LogP contribution in [-0.2, 0) is 9.47 Å². The molecule has 0 amide bonds. The van der Waals surface area contributed by atoms with Gasteiger partial charge in [0, 0.05) is 20.2 Å². The molecule has 2 N–H and O–H groups in total. The fourth-order valence-electron chi connectivity index (χ4n) is 1.96. The lowest BCUT2D eigenvalue weighted by Gasteiger charge is -2.25. The van der Waals surface area contributed by atoms with Crippen molar-refractivity contribution in [3.63, 3.8) is 0 Å². The quantitative estimate of drug-likeness (QED) is 0.739. The predicted octanol–water partition coefficient (Wildman–Crippen LogP) is 1.95. The molecule has 21 heavy (non-hydrogen) atoms. The van der Waals surface area contributed by atoms with Crippen molar-refractivity contribution in [1.29, 1.82) is 0 Å². The number of pyridine rings is 1. The van der Waals surface area contributed by atoms with Crippen LogP contribution in [0.1, 0.15) is 31.1 Å². The van der Waals surface area contributed by atoms with E-state index in [9.17, 15) is 4.79 Å². The van der Waals surface area contributed by atoms with E-state index in [1.807, 2.05) is 0 Å². The van der Waals surface area contributed by atoms with Gasteiger partial charge in [0.25, 0.3) is 0 Å². The monoisotopic (exact) mass is 295 g/mol. The van der Waals surface area contributed by atoms with Gasteiger partial charge in [-0.25, -0.2) is 9.78 Å². The van der Waals surface area contributed by atoms with Crippen LogP contribution in [0.15, 0.2) is 12.3 Å². The maximum Gasteiger partial charge on any atom is 0.340 e. The van der Waals surface area contributed by atoms with E-state index >= 15 is 0 Å². The summed E-state index contributed by atoms with van der Waals surface area (Å²) in [5.74, 6) is 0.750. The smallest absolute Gasteiger partial charge is 0.340 e. The van der Waals surface area contributed by atoms with Gasteiger partial charge in [-0.15, -0.1) is 0 Å². The second-order valence-corrected chi connectivity index (χ2v) is 5.18. The van der Waals surface area contributed by atoms with Gasteiger partial charge < -0.3 is 20.1 Å². The van der Waals surface area contributed by atoms with Crippen LogP contribution >= 0.6 is 0 Å². The standard InChI is InChI=1S/C15H25N3O3/c1-5-21-15(19)12-8-14(17-9-13(12)16)18(6-7-20-4)10-11(2)3/h8-9,11H,5-7,10,16H2,1-4H3. The van der Waals surface area contributed by atoms with Gasteiger partial charge in [-0.1, -0.05) is 13.8 Å². The van der Waals surface area contributed by atoms with Gasteiger partial charge in [-0.2, -0.15) is 0 Å². The predicted molar refractivity (Wildman–Crippen MR) is 83.5 cm³/mol. The van der Waals surface area contributed by atoms with E-state index in [2.05, 4.69) is 23.7 Å². The molecule has 0 aromatic carbocycles. The van der Waals surface area contributed by atoms with Crippen LogP contribution in [0.4, 0.5) is 11.5 Å². The average Bonchev–Trinajstić information content (AvgIpc) is 2.44. The van der Waals surface area contributed by atoms with Crippen LogP contribution in [0, 0.1) is 5.92 Å².